The molecule has 0 heterocycles. The summed E-state index contributed by atoms with van der Waals surface area (Å²) in [6, 6.07) is 0. The second-order valence-electron chi connectivity index (χ2n) is 1.82. The molecule has 0 aromatic rings. The minimum Gasteiger partial charge on any atom is -0.540 e. The summed E-state index contributed by atoms with van der Waals surface area (Å²) in [6.45, 7) is 8.19. The minimum absolute atomic E-state index is 0. The first-order chi connectivity index (χ1) is 3.56. The van der Waals surface area contributed by atoms with Crippen LogP contribution in [0.4, 0.5) is 0 Å². The molecule has 0 atom stereocenters. The molecule has 0 saturated carbocycles. The van der Waals surface area contributed by atoms with Gasteiger partial charge in [0, 0.05) is 0 Å². The van der Waals surface area contributed by atoms with Gasteiger partial charge in [0.25, 0.3) is 0 Å². The average Bonchev–Trinajstić information content (AvgIpc) is 1.71. The average molecular weight is 353 g/mol. The standard InChI is InChI=1S/C4H8NO.C2H5.U/c1-4(2,5)3-6;1-2;/h5H2,1-2H3;1H2,2H3;/q2*-1;+2. The summed E-state index contributed by atoms with van der Waals surface area (Å²) in [5, 5.41) is 0. The first-order valence-electron chi connectivity index (χ1n) is 2.45. The summed E-state index contributed by atoms with van der Waals surface area (Å²) >= 11 is 0. The fourth-order valence-corrected chi connectivity index (χ4v) is 0. The van der Waals surface area contributed by atoms with Gasteiger partial charge in [-0.05, 0) is 0 Å². The van der Waals surface area contributed by atoms with Crippen molar-refractivity contribution in [3.63, 3.8) is 0 Å². The van der Waals surface area contributed by atoms with Crippen LogP contribution in [0.5, 0.6) is 0 Å². The molecule has 9 heavy (non-hydrogen) atoms. The van der Waals surface area contributed by atoms with Crippen LogP contribution in [0.3, 0.4) is 0 Å². The van der Waals surface area contributed by atoms with E-state index in [1.165, 1.54) is 0 Å². The Balaban J connectivity index is -0.000000109. The quantitative estimate of drug-likeness (QED) is 0.705. The monoisotopic (exact) mass is 353 g/mol. The summed E-state index contributed by atoms with van der Waals surface area (Å²) in [4.78, 5) is 9.58. The Kier molecular flexibility index (Phi) is 15.8. The molecule has 52 valence electrons. The summed E-state index contributed by atoms with van der Waals surface area (Å²) in [5.74, 6) is 0. The van der Waals surface area contributed by atoms with Crippen LogP contribution >= 0.6 is 0 Å². The number of rotatable bonds is 1. The van der Waals surface area contributed by atoms with Crippen LogP contribution in [0.1, 0.15) is 20.8 Å². The largest absolute Gasteiger partial charge is 2.00 e. The van der Waals surface area contributed by atoms with E-state index in [4.69, 9.17) is 5.73 Å². The number of hydrogen-bond donors (Lipinski definition) is 1. The molecule has 2 nitrogen and oxygen atoms in total. The third-order valence-corrected chi connectivity index (χ3v) is 0.263. The van der Waals surface area contributed by atoms with E-state index in [1.54, 1.807) is 27.1 Å². The molecule has 0 aromatic heterocycles. The third kappa shape index (κ3) is 28.6. The first kappa shape index (κ1) is 16.3. The molecule has 0 fully saturated rings. The van der Waals surface area contributed by atoms with Gasteiger partial charge < -0.3 is 17.5 Å². The van der Waals surface area contributed by atoms with Crippen molar-refractivity contribution in [2.24, 2.45) is 5.73 Å². The number of carbonyl (C=O) groups excluding carboxylic acids is 1. The SMILES string of the molecule is CC(C)(N)[C-]=O.[CH2-]C.[U+2]. The molecule has 0 aliphatic rings. The summed E-state index contributed by atoms with van der Waals surface area (Å²) in [7, 11) is 0. The molecule has 0 aliphatic heterocycles. The van der Waals surface area contributed by atoms with E-state index in [2.05, 4.69) is 6.92 Å². The molecular formula is C6H13NOU. The summed E-state index contributed by atoms with van der Waals surface area (Å²) in [5.41, 5.74) is 4.35. The van der Waals surface area contributed by atoms with E-state index in [0.717, 1.165) is 0 Å². The fourth-order valence-electron chi connectivity index (χ4n) is 0. The van der Waals surface area contributed by atoms with Crippen molar-refractivity contribution in [1.29, 1.82) is 0 Å². The van der Waals surface area contributed by atoms with Gasteiger partial charge in [-0.25, -0.2) is 6.29 Å². The van der Waals surface area contributed by atoms with E-state index in [9.17, 15) is 4.79 Å². The van der Waals surface area contributed by atoms with Gasteiger partial charge in [0.1, 0.15) is 0 Å². The predicted octanol–water partition coefficient (Wildman–Crippen LogP) is 0.674. The van der Waals surface area contributed by atoms with Crippen LogP contribution in [0, 0.1) is 38.0 Å². The van der Waals surface area contributed by atoms with Crippen molar-refractivity contribution >= 4 is 6.29 Å². The molecule has 0 amide bonds. The molecule has 0 spiro atoms. The van der Waals surface area contributed by atoms with Crippen molar-refractivity contribution < 1.29 is 35.9 Å². The number of nitrogens with two attached hydrogens (primary N) is 1. The van der Waals surface area contributed by atoms with Crippen molar-refractivity contribution in [3.05, 3.63) is 6.92 Å². The summed E-state index contributed by atoms with van der Waals surface area (Å²) in [6.07, 6.45) is 1.63. The van der Waals surface area contributed by atoms with Gasteiger partial charge in [-0.1, -0.05) is 19.4 Å². The molecule has 2 N–H and O–H groups in total. The maximum atomic E-state index is 9.58. The Morgan fingerprint density at radius 2 is 1.56 bits per heavy atom. The maximum Gasteiger partial charge on any atom is 2.00 e. The second kappa shape index (κ2) is 8.68. The Bertz CT molecular complexity index is 58.6. The topological polar surface area (TPSA) is 43.1 Å². The van der Waals surface area contributed by atoms with Crippen LogP contribution in [0.25, 0.3) is 0 Å². The van der Waals surface area contributed by atoms with Crippen molar-refractivity contribution in [3.8, 4) is 0 Å². The molecule has 0 saturated heterocycles. The molecule has 0 rings (SSSR count). The maximum absolute atomic E-state index is 9.58. The van der Waals surface area contributed by atoms with Gasteiger partial charge in [0.15, 0.2) is 0 Å². The van der Waals surface area contributed by atoms with E-state index in [1.807, 2.05) is 0 Å². The molecule has 0 aliphatic carbocycles. The molecular weight excluding hydrogens is 340 g/mol. The molecule has 0 bridgehead atoms. The van der Waals surface area contributed by atoms with Crippen LogP contribution in [-0.4, -0.2) is 11.8 Å². The molecule has 0 unspecified atom stereocenters. The van der Waals surface area contributed by atoms with Crippen molar-refractivity contribution in [1.82, 2.24) is 0 Å². The third-order valence-electron chi connectivity index (χ3n) is 0.263. The van der Waals surface area contributed by atoms with E-state index >= 15 is 0 Å². The minimum atomic E-state index is -0.764. The van der Waals surface area contributed by atoms with Gasteiger partial charge >= 0.3 is 31.1 Å². The Morgan fingerprint density at radius 3 is 1.56 bits per heavy atom. The van der Waals surface area contributed by atoms with Crippen molar-refractivity contribution in [2.75, 3.05) is 0 Å². The smallest absolute Gasteiger partial charge is 0.540 e. The van der Waals surface area contributed by atoms with Gasteiger partial charge in [0.2, 0.25) is 0 Å². The Labute approximate surface area is 81.0 Å². The van der Waals surface area contributed by atoms with E-state index in [-0.39, 0.29) is 31.1 Å². The van der Waals surface area contributed by atoms with Gasteiger partial charge in [-0.3, -0.25) is 0 Å². The normalized spacial score (nSPS) is 8.11. The van der Waals surface area contributed by atoms with Crippen LogP contribution in [0.15, 0.2) is 0 Å². The van der Waals surface area contributed by atoms with Gasteiger partial charge in [-0.2, -0.15) is 6.92 Å². The Hall–Kier alpha value is 0.682. The van der Waals surface area contributed by atoms with E-state index < -0.39 is 5.54 Å². The van der Waals surface area contributed by atoms with Gasteiger partial charge in [-0.15, -0.1) is 0 Å². The van der Waals surface area contributed by atoms with Crippen LogP contribution < -0.4 is 5.73 Å². The molecule has 0 aromatic carbocycles. The van der Waals surface area contributed by atoms with Crippen LogP contribution in [-0.2, 0) is 4.79 Å². The van der Waals surface area contributed by atoms with Gasteiger partial charge in [0.05, 0.1) is 0 Å². The number of hydrogen-bond acceptors (Lipinski definition) is 2. The van der Waals surface area contributed by atoms with Crippen molar-refractivity contribution in [2.45, 2.75) is 26.3 Å². The fraction of sp³-hybridized carbons (Fsp3) is 0.667. The Morgan fingerprint density at radius 1 is 1.44 bits per heavy atom. The first-order valence-corrected chi connectivity index (χ1v) is 2.45. The zero-order chi connectivity index (χ0) is 7.21. The molecule has 0 radical (unpaired) electrons. The predicted molar refractivity (Wildman–Crippen MR) is 35.0 cm³/mol. The molecule has 3 heteroatoms. The second-order valence-corrected chi connectivity index (χ2v) is 1.82. The zero-order valence-electron chi connectivity index (χ0n) is 6.19. The van der Waals surface area contributed by atoms with Crippen LogP contribution in [0.2, 0.25) is 0 Å². The zero-order valence-corrected chi connectivity index (χ0v) is 10.4. The van der Waals surface area contributed by atoms with E-state index in [0.29, 0.717) is 0 Å². The summed E-state index contributed by atoms with van der Waals surface area (Å²) < 4.78 is 0.